The van der Waals surface area contributed by atoms with Crippen LogP contribution < -0.4 is 0 Å². The SMILES string of the molecule is Br.[2H]C([2H])([2H])C(N(CC(=O)c1cc(O)cc(O)c1)Cc1ccccc1)(C([2H])([2H])[2H])C([2H])([2H])[2H]. The second-order valence-corrected chi connectivity index (χ2v) is 5.21. The van der Waals surface area contributed by atoms with Crippen LogP contribution in [0.5, 0.6) is 11.5 Å². The van der Waals surface area contributed by atoms with Crippen molar-refractivity contribution in [1.82, 2.24) is 4.90 Å². The molecule has 2 aromatic carbocycles. The maximum atomic E-state index is 13.0. The topological polar surface area (TPSA) is 60.8 Å². The molecular formula is C19H24BrNO3. The minimum Gasteiger partial charge on any atom is -0.508 e. The normalized spacial score (nSPS) is 18.3. The molecule has 5 heteroatoms. The summed E-state index contributed by atoms with van der Waals surface area (Å²) in [6.45, 7) is -12.0. The Morgan fingerprint density at radius 1 is 1.08 bits per heavy atom. The van der Waals surface area contributed by atoms with E-state index in [0.717, 1.165) is 18.2 Å². The molecule has 2 aromatic rings. The van der Waals surface area contributed by atoms with E-state index in [-0.39, 0.29) is 22.5 Å². The molecule has 2 rings (SSSR count). The van der Waals surface area contributed by atoms with E-state index in [0.29, 0.717) is 10.5 Å². The van der Waals surface area contributed by atoms with Crippen LogP contribution in [-0.2, 0) is 6.54 Å². The van der Waals surface area contributed by atoms with E-state index in [1.807, 2.05) is 0 Å². The highest BCUT2D eigenvalue weighted by atomic mass is 79.9. The van der Waals surface area contributed by atoms with Gasteiger partial charge < -0.3 is 10.2 Å². The highest BCUT2D eigenvalue weighted by Gasteiger charge is 2.24. The van der Waals surface area contributed by atoms with Crippen molar-refractivity contribution >= 4 is 22.8 Å². The van der Waals surface area contributed by atoms with Crippen molar-refractivity contribution in [3.8, 4) is 11.5 Å². The van der Waals surface area contributed by atoms with Crippen LogP contribution in [0.4, 0.5) is 0 Å². The fourth-order valence-electron chi connectivity index (χ4n) is 2.12. The fourth-order valence-corrected chi connectivity index (χ4v) is 2.12. The summed E-state index contributed by atoms with van der Waals surface area (Å²) in [7, 11) is 0. The molecule has 0 aliphatic heterocycles. The number of rotatable bonds is 5. The molecule has 2 N–H and O–H groups in total. The third kappa shape index (κ3) is 5.65. The van der Waals surface area contributed by atoms with Crippen LogP contribution in [0.1, 0.15) is 48.8 Å². The lowest BCUT2D eigenvalue weighted by Gasteiger charge is -2.35. The number of Topliss-reactive ketones (excluding diaryl/α,β-unsaturated/α-hetero) is 1. The van der Waals surface area contributed by atoms with E-state index >= 15 is 0 Å². The van der Waals surface area contributed by atoms with E-state index in [4.69, 9.17) is 12.3 Å². The standard InChI is InChI=1S/C19H23NO3.BrH/c1-19(2,3)20(12-14-7-5-4-6-8-14)13-18(23)15-9-16(21)11-17(22)10-15;/h4-11,21-22H,12-13H2,1-3H3;1H/i1D3,2D3,3D3;. The van der Waals surface area contributed by atoms with Gasteiger partial charge in [0, 0.05) is 36.1 Å². The molecule has 24 heavy (non-hydrogen) atoms. The van der Waals surface area contributed by atoms with Crippen molar-refractivity contribution in [2.24, 2.45) is 0 Å². The first-order valence-electron chi connectivity index (χ1n) is 11.4. The first-order valence-corrected chi connectivity index (χ1v) is 6.86. The van der Waals surface area contributed by atoms with Gasteiger partial charge in [0.15, 0.2) is 5.78 Å². The van der Waals surface area contributed by atoms with Crippen LogP contribution in [0.15, 0.2) is 48.5 Å². The molecule has 0 aliphatic carbocycles. The Bertz CT molecular complexity index is 903. The first-order chi connectivity index (χ1) is 14.5. The van der Waals surface area contributed by atoms with Gasteiger partial charge in [0.05, 0.1) is 6.54 Å². The molecule has 0 aliphatic rings. The lowest BCUT2D eigenvalue weighted by molar-refractivity contribution is 0.0793. The van der Waals surface area contributed by atoms with Gasteiger partial charge >= 0.3 is 0 Å². The van der Waals surface area contributed by atoms with Gasteiger partial charge in [-0.15, -0.1) is 17.0 Å². The Morgan fingerprint density at radius 3 is 2.21 bits per heavy atom. The largest absolute Gasteiger partial charge is 0.508 e. The number of nitrogens with zero attached hydrogens (tertiary/aromatic N) is 1. The van der Waals surface area contributed by atoms with Crippen molar-refractivity contribution in [1.29, 1.82) is 0 Å². The molecule has 0 fully saturated rings. The Morgan fingerprint density at radius 2 is 1.67 bits per heavy atom. The highest BCUT2D eigenvalue weighted by Crippen LogP contribution is 2.23. The second kappa shape index (κ2) is 8.31. The Balaban J connectivity index is 0.00000544. The quantitative estimate of drug-likeness (QED) is 0.736. The Kier molecular flexibility index (Phi) is 3.53. The van der Waals surface area contributed by atoms with E-state index < -0.39 is 56.5 Å². The Hall–Kier alpha value is -1.85. The summed E-state index contributed by atoms with van der Waals surface area (Å²) in [5.41, 5.74) is -3.23. The van der Waals surface area contributed by atoms with Gasteiger partial charge in [0.2, 0.25) is 0 Å². The molecule has 0 atom stereocenters. The molecule has 0 bridgehead atoms. The summed E-state index contributed by atoms with van der Waals surface area (Å²) in [5.74, 6) is -1.78. The monoisotopic (exact) mass is 402 g/mol. The van der Waals surface area contributed by atoms with Gasteiger partial charge in [-0.25, -0.2) is 0 Å². The van der Waals surface area contributed by atoms with Crippen molar-refractivity contribution in [2.75, 3.05) is 6.54 Å². The number of phenols is 2. The summed E-state index contributed by atoms with van der Waals surface area (Å²) in [6, 6.07) is 10.9. The van der Waals surface area contributed by atoms with Crippen molar-refractivity contribution in [3.63, 3.8) is 0 Å². The zero-order valence-corrected chi connectivity index (χ0v) is 14.4. The number of halogens is 1. The van der Waals surface area contributed by atoms with Gasteiger partial charge in [-0.3, -0.25) is 9.69 Å². The summed E-state index contributed by atoms with van der Waals surface area (Å²) < 4.78 is 71.5. The number of aromatic hydroxyl groups is 2. The Labute approximate surface area is 166 Å². The number of phenolic OH excluding ortho intramolecular Hbond substituents is 2. The molecule has 4 nitrogen and oxygen atoms in total. The first kappa shape index (κ1) is 10.2. The second-order valence-electron chi connectivity index (χ2n) is 5.21. The fraction of sp³-hybridized carbons (Fsp3) is 0.316. The van der Waals surface area contributed by atoms with Gasteiger partial charge in [-0.2, -0.15) is 0 Å². The van der Waals surface area contributed by atoms with Crippen molar-refractivity contribution in [2.45, 2.75) is 32.6 Å². The molecule has 0 unspecified atom stereocenters. The predicted molar refractivity (Wildman–Crippen MR) is 101 cm³/mol. The van der Waals surface area contributed by atoms with E-state index in [1.54, 1.807) is 30.3 Å². The molecule has 130 valence electrons. The molecule has 0 aromatic heterocycles. The molecule has 0 spiro atoms. The molecule has 0 radical (unpaired) electrons. The number of carbonyl (C=O) groups excluding carboxylic acids is 1. The maximum Gasteiger partial charge on any atom is 0.177 e. The smallest absolute Gasteiger partial charge is 0.177 e. The number of hydrogen-bond donors (Lipinski definition) is 2. The van der Waals surface area contributed by atoms with Crippen molar-refractivity contribution < 1.29 is 27.3 Å². The number of carbonyl (C=O) groups is 1. The minimum absolute atomic E-state index is 0. The van der Waals surface area contributed by atoms with Gasteiger partial charge in [-0.05, 0) is 38.3 Å². The van der Waals surface area contributed by atoms with Crippen LogP contribution in [0.3, 0.4) is 0 Å². The number of benzene rings is 2. The molecule has 0 saturated heterocycles. The molecule has 0 amide bonds. The van der Waals surface area contributed by atoms with Gasteiger partial charge in [0.25, 0.3) is 0 Å². The zero-order valence-electron chi connectivity index (χ0n) is 21.7. The van der Waals surface area contributed by atoms with E-state index in [2.05, 4.69) is 0 Å². The average Bonchev–Trinajstić information content (AvgIpc) is 2.58. The lowest BCUT2D eigenvalue weighted by atomic mass is 10.0. The summed E-state index contributed by atoms with van der Waals surface area (Å²) in [4.78, 5) is 13.6. The third-order valence-corrected chi connectivity index (χ3v) is 3.25. The average molecular weight is 403 g/mol. The predicted octanol–water partition coefficient (Wildman–Crippen LogP) is 4.16. The summed E-state index contributed by atoms with van der Waals surface area (Å²) in [5, 5.41) is 19.3. The van der Waals surface area contributed by atoms with Gasteiger partial charge in [-0.1, -0.05) is 30.3 Å². The van der Waals surface area contributed by atoms with Crippen LogP contribution in [0.2, 0.25) is 0 Å². The highest BCUT2D eigenvalue weighted by molar-refractivity contribution is 8.93. The van der Waals surface area contributed by atoms with E-state index in [1.165, 1.54) is 0 Å². The van der Waals surface area contributed by atoms with Crippen molar-refractivity contribution in [3.05, 3.63) is 59.7 Å². The van der Waals surface area contributed by atoms with Crippen LogP contribution in [0.25, 0.3) is 0 Å². The molecule has 0 saturated carbocycles. The number of ketones is 1. The van der Waals surface area contributed by atoms with Gasteiger partial charge in [0.1, 0.15) is 11.5 Å². The summed E-state index contributed by atoms with van der Waals surface area (Å²) in [6.07, 6.45) is 0. The van der Waals surface area contributed by atoms with Crippen LogP contribution in [0, 0.1) is 0 Å². The van der Waals surface area contributed by atoms with Crippen LogP contribution >= 0.6 is 17.0 Å². The summed E-state index contributed by atoms with van der Waals surface area (Å²) >= 11 is 0. The minimum atomic E-state index is -3.54. The lowest BCUT2D eigenvalue weighted by Crippen LogP contribution is -2.43. The van der Waals surface area contributed by atoms with E-state index in [9.17, 15) is 15.0 Å². The third-order valence-electron chi connectivity index (χ3n) is 3.25. The molecular weight excluding hydrogens is 370 g/mol. The van der Waals surface area contributed by atoms with Crippen LogP contribution in [-0.4, -0.2) is 33.0 Å². The number of hydrogen-bond acceptors (Lipinski definition) is 4. The molecule has 0 heterocycles. The zero-order chi connectivity index (χ0) is 24.5. The maximum absolute atomic E-state index is 13.0.